The lowest BCUT2D eigenvalue weighted by Gasteiger charge is -2.12. The molecule has 0 aromatic heterocycles. The monoisotopic (exact) mass is 351 g/mol. The number of rotatable bonds is 3. The molecule has 0 aliphatic rings. The van der Waals surface area contributed by atoms with Crippen LogP contribution in [0.5, 0.6) is 0 Å². The second-order valence-corrected chi connectivity index (χ2v) is 5.22. The number of benzene rings is 2. The minimum absolute atomic E-state index is 0.0868. The second kappa shape index (κ2) is 7.17. The molecular formula is C15H9ClFN2O3S-. The van der Waals surface area contributed by atoms with Gasteiger partial charge in [0.25, 0.3) is 5.91 Å². The molecule has 0 heterocycles. The average molecular weight is 352 g/mol. The van der Waals surface area contributed by atoms with Crippen molar-refractivity contribution >= 4 is 46.5 Å². The van der Waals surface area contributed by atoms with E-state index in [0.717, 1.165) is 6.07 Å². The lowest BCUT2D eigenvalue weighted by molar-refractivity contribution is -0.255. The van der Waals surface area contributed by atoms with Crippen molar-refractivity contribution in [1.29, 1.82) is 0 Å². The molecule has 118 valence electrons. The molecule has 0 unspecified atom stereocenters. The van der Waals surface area contributed by atoms with Gasteiger partial charge in [0.2, 0.25) is 0 Å². The lowest BCUT2D eigenvalue weighted by atomic mass is 10.2. The maximum absolute atomic E-state index is 13.1. The SMILES string of the molecule is O=C([O-])c1ccc(Cl)c(NC(=S)NC(=O)c2cccc(F)c2)c1. The van der Waals surface area contributed by atoms with Gasteiger partial charge < -0.3 is 15.2 Å². The van der Waals surface area contributed by atoms with Gasteiger partial charge in [-0.05, 0) is 48.1 Å². The molecule has 5 nitrogen and oxygen atoms in total. The van der Waals surface area contributed by atoms with Crippen LogP contribution in [0.2, 0.25) is 5.02 Å². The largest absolute Gasteiger partial charge is 0.545 e. The van der Waals surface area contributed by atoms with Gasteiger partial charge in [-0.25, -0.2) is 4.39 Å². The summed E-state index contributed by atoms with van der Waals surface area (Å²) in [5, 5.41) is 15.9. The third kappa shape index (κ3) is 4.48. The van der Waals surface area contributed by atoms with Gasteiger partial charge >= 0.3 is 0 Å². The summed E-state index contributed by atoms with van der Waals surface area (Å²) in [5.74, 6) is -2.55. The fraction of sp³-hybridized carbons (Fsp3) is 0. The molecule has 0 radical (unpaired) electrons. The number of halogens is 2. The minimum atomic E-state index is -1.38. The van der Waals surface area contributed by atoms with Crippen LogP contribution in [0.4, 0.5) is 10.1 Å². The summed E-state index contributed by atoms with van der Waals surface area (Å²) < 4.78 is 13.1. The number of anilines is 1. The van der Waals surface area contributed by atoms with Crippen LogP contribution in [0.3, 0.4) is 0 Å². The van der Waals surface area contributed by atoms with E-state index < -0.39 is 17.7 Å². The van der Waals surface area contributed by atoms with Gasteiger partial charge in [-0.3, -0.25) is 10.1 Å². The Hall–Kier alpha value is -2.51. The van der Waals surface area contributed by atoms with Crippen LogP contribution >= 0.6 is 23.8 Å². The van der Waals surface area contributed by atoms with E-state index >= 15 is 0 Å². The minimum Gasteiger partial charge on any atom is -0.545 e. The Morgan fingerprint density at radius 2 is 1.87 bits per heavy atom. The van der Waals surface area contributed by atoms with E-state index in [1.54, 1.807) is 0 Å². The summed E-state index contributed by atoms with van der Waals surface area (Å²) in [7, 11) is 0. The first-order valence-corrected chi connectivity index (χ1v) is 7.04. The number of amides is 1. The van der Waals surface area contributed by atoms with E-state index in [1.165, 1.54) is 36.4 Å². The Bertz CT molecular complexity index is 798. The molecule has 0 bridgehead atoms. The second-order valence-electron chi connectivity index (χ2n) is 4.40. The Kier molecular flexibility index (Phi) is 5.25. The van der Waals surface area contributed by atoms with Gasteiger partial charge in [0.15, 0.2) is 5.11 Å². The van der Waals surface area contributed by atoms with Gasteiger partial charge in [-0.15, -0.1) is 0 Å². The number of hydrogen-bond acceptors (Lipinski definition) is 4. The quantitative estimate of drug-likeness (QED) is 0.826. The highest BCUT2D eigenvalue weighted by Crippen LogP contribution is 2.22. The number of carboxylic acids is 1. The maximum Gasteiger partial charge on any atom is 0.257 e. The fourth-order valence-electron chi connectivity index (χ4n) is 1.71. The Labute approximate surface area is 141 Å². The van der Waals surface area contributed by atoms with E-state index in [2.05, 4.69) is 10.6 Å². The summed E-state index contributed by atoms with van der Waals surface area (Å²) in [6, 6.07) is 8.92. The molecule has 0 spiro atoms. The number of carbonyl (C=O) groups excluding carboxylic acids is 2. The zero-order valence-electron chi connectivity index (χ0n) is 11.4. The summed E-state index contributed by atoms with van der Waals surface area (Å²) in [4.78, 5) is 22.7. The van der Waals surface area contributed by atoms with Crippen molar-refractivity contribution in [3.8, 4) is 0 Å². The molecule has 2 rings (SSSR count). The zero-order valence-corrected chi connectivity index (χ0v) is 13.0. The van der Waals surface area contributed by atoms with Crippen molar-refractivity contribution < 1.29 is 19.1 Å². The summed E-state index contributed by atoms with van der Waals surface area (Å²) in [6.45, 7) is 0. The lowest BCUT2D eigenvalue weighted by Crippen LogP contribution is -2.34. The van der Waals surface area contributed by atoms with Gasteiger partial charge in [0.05, 0.1) is 16.7 Å². The smallest absolute Gasteiger partial charge is 0.257 e. The molecule has 0 aliphatic carbocycles. The van der Waals surface area contributed by atoms with Crippen LogP contribution < -0.4 is 15.7 Å². The Morgan fingerprint density at radius 3 is 2.52 bits per heavy atom. The van der Waals surface area contributed by atoms with Crippen LogP contribution in [0.25, 0.3) is 0 Å². The van der Waals surface area contributed by atoms with Gasteiger partial charge in [-0.1, -0.05) is 23.7 Å². The van der Waals surface area contributed by atoms with Crippen molar-refractivity contribution in [2.24, 2.45) is 0 Å². The van der Waals surface area contributed by atoms with E-state index in [-0.39, 0.29) is 26.9 Å². The molecular weight excluding hydrogens is 343 g/mol. The topological polar surface area (TPSA) is 81.3 Å². The predicted octanol–water partition coefficient (Wildman–Crippen LogP) is 1.97. The highest BCUT2D eigenvalue weighted by Gasteiger charge is 2.10. The molecule has 1 amide bonds. The van der Waals surface area contributed by atoms with E-state index in [1.807, 2.05) is 0 Å². The van der Waals surface area contributed by atoms with Crippen LogP contribution in [0, 0.1) is 5.82 Å². The molecule has 8 heteroatoms. The van der Waals surface area contributed by atoms with Gasteiger partial charge in [-0.2, -0.15) is 0 Å². The predicted molar refractivity (Wildman–Crippen MR) is 85.9 cm³/mol. The molecule has 0 atom stereocenters. The number of carboxylic acid groups (broad SMARTS) is 1. The first-order chi connectivity index (χ1) is 10.9. The first-order valence-electron chi connectivity index (χ1n) is 6.25. The van der Waals surface area contributed by atoms with E-state index in [4.69, 9.17) is 23.8 Å². The normalized spacial score (nSPS) is 10.0. The maximum atomic E-state index is 13.1. The standard InChI is InChI=1S/C15H10ClFN2O3S/c16-11-5-4-9(14(21)22)7-12(11)18-15(23)19-13(20)8-2-1-3-10(17)6-8/h1-7H,(H,21,22)(H2,18,19,20,23)/p-1. The third-order valence-electron chi connectivity index (χ3n) is 2.76. The van der Waals surface area contributed by atoms with Crippen LogP contribution in [-0.2, 0) is 0 Å². The highest BCUT2D eigenvalue weighted by molar-refractivity contribution is 7.80. The van der Waals surface area contributed by atoms with Crippen LogP contribution in [0.1, 0.15) is 20.7 Å². The highest BCUT2D eigenvalue weighted by atomic mass is 35.5. The molecule has 0 saturated heterocycles. The van der Waals surface area contributed by atoms with E-state index in [9.17, 15) is 19.1 Å². The summed E-state index contributed by atoms with van der Waals surface area (Å²) in [6.07, 6.45) is 0. The van der Waals surface area contributed by atoms with Gasteiger partial charge in [0.1, 0.15) is 5.82 Å². The summed E-state index contributed by atoms with van der Waals surface area (Å²) >= 11 is 10.9. The first kappa shape index (κ1) is 16.9. The number of carbonyl (C=O) groups is 2. The number of hydrogen-bond donors (Lipinski definition) is 2. The number of nitrogens with one attached hydrogen (secondary N) is 2. The summed E-state index contributed by atoms with van der Waals surface area (Å²) in [5.41, 5.74) is 0.179. The van der Waals surface area contributed by atoms with Gasteiger partial charge in [0, 0.05) is 5.56 Å². The van der Waals surface area contributed by atoms with Crippen LogP contribution in [0.15, 0.2) is 42.5 Å². The molecule has 2 N–H and O–H groups in total. The molecule has 2 aromatic rings. The van der Waals surface area contributed by atoms with E-state index in [0.29, 0.717) is 0 Å². The number of aromatic carboxylic acids is 1. The van der Waals surface area contributed by atoms with Crippen molar-refractivity contribution in [3.63, 3.8) is 0 Å². The number of thiocarbonyl (C=S) groups is 1. The molecule has 0 aliphatic heterocycles. The van der Waals surface area contributed by atoms with Crippen molar-refractivity contribution in [3.05, 3.63) is 64.4 Å². The fourth-order valence-corrected chi connectivity index (χ4v) is 2.07. The zero-order chi connectivity index (χ0) is 17.0. The van der Waals surface area contributed by atoms with Crippen molar-refractivity contribution in [1.82, 2.24) is 5.32 Å². The van der Waals surface area contributed by atoms with Crippen molar-refractivity contribution in [2.45, 2.75) is 0 Å². The Balaban J connectivity index is 2.09. The molecule has 0 saturated carbocycles. The Morgan fingerprint density at radius 1 is 1.13 bits per heavy atom. The molecule has 2 aromatic carbocycles. The van der Waals surface area contributed by atoms with Crippen LogP contribution in [-0.4, -0.2) is 17.0 Å². The molecule has 23 heavy (non-hydrogen) atoms. The third-order valence-corrected chi connectivity index (χ3v) is 3.30. The van der Waals surface area contributed by atoms with Crippen molar-refractivity contribution in [2.75, 3.05) is 5.32 Å². The average Bonchev–Trinajstić information content (AvgIpc) is 2.49. The molecule has 0 fully saturated rings.